The van der Waals surface area contributed by atoms with Gasteiger partial charge in [-0.25, -0.2) is 0 Å². The van der Waals surface area contributed by atoms with Gasteiger partial charge in [0, 0.05) is 12.1 Å². The van der Waals surface area contributed by atoms with Gasteiger partial charge in [-0.15, -0.1) is 0 Å². The molecule has 1 aromatic carbocycles. The van der Waals surface area contributed by atoms with Crippen LogP contribution in [0.3, 0.4) is 0 Å². The molecule has 3 heteroatoms. The standard InChI is InChI=1S/C15H25NO2/c1-11(2)16-14(10-17)8-9-18-15-7-5-6-12(3)13(15)4/h5-7,11,14,16-17H,8-10H2,1-4H3. The van der Waals surface area contributed by atoms with E-state index < -0.39 is 0 Å². The highest BCUT2D eigenvalue weighted by atomic mass is 16.5. The lowest BCUT2D eigenvalue weighted by molar-refractivity contribution is 0.202. The summed E-state index contributed by atoms with van der Waals surface area (Å²) in [6.07, 6.45) is 0.808. The number of hydrogen-bond donors (Lipinski definition) is 2. The summed E-state index contributed by atoms with van der Waals surface area (Å²) in [5.74, 6) is 0.941. The number of ether oxygens (including phenoxy) is 1. The minimum atomic E-state index is 0.107. The maximum absolute atomic E-state index is 9.25. The molecular formula is C15H25NO2. The molecule has 0 bridgehead atoms. The molecule has 18 heavy (non-hydrogen) atoms. The Morgan fingerprint density at radius 3 is 2.61 bits per heavy atom. The van der Waals surface area contributed by atoms with E-state index >= 15 is 0 Å². The predicted octanol–water partition coefficient (Wildman–Crippen LogP) is 2.43. The second-order valence-corrected chi connectivity index (χ2v) is 5.04. The van der Waals surface area contributed by atoms with Gasteiger partial charge >= 0.3 is 0 Å². The normalized spacial score (nSPS) is 12.8. The van der Waals surface area contributed by atoms with E-state index in [0.717, 1.165) is 12.2 Å². The number of aliphatic hydroxyl groups excluding tert-OH is 1. The first-order valence-corrected chi connectivity index (χ1v) is 6.60. The van der Waals surface area contributed by atoms with Crippen molar-refractivity contribution in [2.24, 2.45) is 0 Å². The van der Waals surface area contributed by atoms with E-state index in [1.165, 1.54) is 11.1 Å². The van der Waals surface area contributed by atoms with Crippen molar-refractivity contribution < 1.29 is 9.84 Å². The Kier molecular flexibility index (Phi) is 6.16. The Balaban J connectivity index is 2.43. The number of aryl methyl sites for hydroxylation is 1. The molecule has 1 unspecified atom stereocenters. The molecular weight excluding hydrogens is 226 g/mol. The van der Waals surface area contributed by atoms with Crippen molar-refractivity contribution in [2.75, 3.05) is 13.2 Å². The maximum Gasteiger partial charge on any atom is 0.122 e. The fourth-order valence-corrected chi connectivity index (χ4v) is 1.89. The van der Waals surface area contributed by atoms with Gasteiger partial charge in [-0.3, -0.25) is 0 Å². The lowest BCUT2D eigenvalue weighted by Gasteiger charge is -2.19. The van der Waals surface area contributed by atoms with Gasteiger partial charge in [0.15, 0.2) is 0 Å². The number of aliphatic hydroxyl groups is 1. The zero-order valence-corrected chi connectivity index (χ0v) is 11.9. The highest BCUT2D eigenvalue weighted by Crippen LogP contribution is 2.20. The van der Waals surface area contributed by atoms with Gasteiger partial charge < -0.3 is 15.2 Å². The highest BCUT2D eigenvalue weighted by molar-refractivity contribution is 5.38. The minimum Gasteiger partial charge on any atom is -0.493 e. The molecule has 3 nitrogen and oxygen atoms in total. The largest absolute Gasteiger partial charge is 0.493 e. The smallest absolute Gasteiger partial charge is 0.122 e. The number of benzene rings is 1. The third-order valence-corrected chi connectivity index (χ3v) is 3.07. The van der Waals surface area contributed by atoms with E-state index in [1.807, 2.05) is 12.1 Å². The van der Waals surface area contributed by atoms with Crippen molar-refractivity contribution in [3.8, 4) is 5.75 Å². The molecule has 0 heterocycles. The lowest BCUT2D eigenvalue weighted by Crippen LogP contribution is -2.38. The molecule has 102 valence electrons. The second-order valence-electron chi connectivity index (χ2n) is 5.04. The summed E-state index contributed by atoms with van der Waals surface area (Å²) < 4.78 is 5.78. The van der Waals surface area contributed by atoms with E-state index in [0.29, 0.717) is 12.6 Å². The summed E-state index contributed by atoms with van der Waals surface area (Å²) in [4.78, 5) is 0. The van der Waals surface area contributed by atoms with Gasteiger partial charge in [-0.05, 0) is 37.5 Å². The average Bonchev–Trinajstić information content (AvgIpc) is 2.32. The van der Waals surface area contributed by atoms with Crippen molar-refractivity contribution in [3.05, 3.63) is 29.3 Å². The SMILES string of the molecule is Cc1cccc(OCCC(CO)NC(C)C)c1C. The number of rotatable bonds is 7. The van der Waals surface area contributed by atoms with Crippen LogP contribution in [0.4, 0.5) is 0 Å². The molecule has 0 saturated heterocycles. The van der Waals surface area contributed by atoms with E-state index in [2.05, 4.69) is 39.1 Å². The molecule has 0 aromatic heterocycles. The fourth-order valence-electron chi connectivity index (χ4n) is 1.89. The van der Waals surface area contributed by atoms with Crippen LogP contribution in [0.5, 0.6) is 5.75 Å². The Morgan fingerprint density at radius 2 is 2.00 bits per heavy atom. The molecule has 2 N–H and O–H groups in total. The van der Waals surface area contributed by atoms with Crippen LogP contribution in [0.2, 0.25) is 0 Å². The van der Waals surface area contributed by atoms with Gasteiger partial charge in [-0.2, -0.15) is 0 Å². The molecule has 0 aliphatic carbocycles. The molecule has 1 rings (SSSR count). The van der Waals surface area contributed by atoms with Crippen LogP contribution >= 0.6 is 0 Å². The zero-order valence-electron chi connectivity index (χ0n) is 11.9. The molecule has 0 fully saturated rings. The zero-order chi connectivity index (χ0) is 13.5. The first-order valence-electron chi connectivity index (χ1n) is 6.60. The summed E-state index contributed by atoms with van der Waals surface area (Å²) in [6.45, 7) is 9.08. The van der Waals surface area contributed by atoms with Crippen molar-refractivity contribution >= 4 is 0 Å². The van der Waals surface area contributed by atoms with Crippen LogP contribution in [0.25, 0.3) is 0 Å². The van der Waals surface area contributed by atoms with Crippen LogP contribution in [0.15, 0.2) is 18.2 Å². The van der Waals surface area contributed by atoms with Gasteiger partial charge in [-0.1, -0.05) is 26.0 Å². The van der Waals surface area contributed by atoms with Crippen molar-refractivity contribution in [2.45, 2.75) is 46.2 Å². The molecule has 0 aliphatic heterocycles. The Bertz CT molecular complexity index is 364. The van der Waals surface area contributed by atoms with Crippen LogP contribution in [-0.4, -0.2) is 30.4 Å². The summed E-state index contributed by atoms with van der Waals surface area (Å²) in [6, 6.07) is 6.57. The third-order valence-electron chi connectivity index (χ3n) is 3.07. The molecule has 0 saturated carbocycles. The average molecular weight is 251 g/mol. The lowest BCUT2D eigenvalue weighted by atomic mass is 10.1. The first-order chi connectivity index (χ1) is 8.54. The Hall–Kier alpha value is -1.06. The van der Waals surface area contributed by atoms with Crippen LogP contribution < -0.4 is 10.1 Å². The van der Waals surface area contributed by atoms with Gasteiger partial charge in [0.1, 0.15) is 5.75 Å². The van der Waals surface area contributed by atoms with Crippen molar-refractivity contribution in [1.82, 2.24) is 5.32 Å². The molecule has 0 spiro atoms. The van der Waals surface area contributed by atoms with E-state index in [4.69, 9.17) is 4.74 Å². The van der Waals surface area contributed by atoms with Crippen LogP contribution in [-0.2, 0) is 0 Å². The fraction of sp³-hybridized carbons (Fsp3) is 0.600. The number of nitrogens with one attached hydrogen (secondary N) is 1. The van der Waals surface area contributed by atoms with Crippen molar-refractivity contribution in [1.29, 1.82) is 0 Å². The summed E-state index contributed by atoms with van der Waals surface area (Å²) in [5.41, 5.74) is 2.43. The summed E-state index contributed by atoms with van der Waals surface area (Å²) in [7, 11) is 0. The maximum atomic E-state index is 9.25. The van der Waals surface area contributed by atoms with E-state index in [1.54, 1.807) is 0 Å². The molecule has 0 radical (unpaired) electrons. The van der Waals surface area contributed by atoms with Gasteiger partial charge in [0.05, 0.1) is 13.2 Å². The van der Waals surface area contributed by atoms with Crippen LogP contribution in [0, 0.1) is 13.8 Å². The van der Waals surface area contributed by atoms with E-state index in [-0.39, 0.29) is 12.6 Å². The summed E-state index contributed by atoms with van der Waals surface area (Å²) in [5, 5.41) is 12.6. The molecule has 1 atom stereocenters. The van der Waals surface area contributed by atoms with Crippen molar-refractivity contribution in [3.63, 3.8) is 0 Å². The minimum absolute atomic E-state index is 0.107. The monoisotopic (exact) mass is 251 g/mol. The van der Waals surface area contributed by atoms with E-state index in [9.17, 15) is 5.11 Å². The third kappa shape index (κ3) is 4.67. The highest BCUT2D eigenvalue weighted by Gasteiger charge is 2.09. The second kappa shape index (κ2) is 7.39. The number of hydrogen-bond acceptors (Lipinski definition) is 3. The van der Waals surface area contributed by atoms with Gasteiger partial charge in [0.2, 0.25) is 0 Å². The molecule has 0 amide bonds. The quantitative estimate of drug-likeness (QED) is 0.782. The first kappa shape index (κ1) is 15.0. The van der Waals surface area contributed by atoms with Crippen LogP contribution in [0.1, 0.15) is 31.4 Å². The topological polar surface area (TPSA) is 41.5 Å². The predicted molar refractivity (Wildman–Crippen MR) is 75.2 cm³/mol. The molecule has 0 aliphatic rings. The Labute approximate surface area is 110 Å². The Morgan fingerprint density at radius 1 is 1.28 bits per heavy atom. The summed E-state index contributed by atoms with van der Waals surface area (Å²) >= 11 is 0. The molecule has 1 aromatic rings. The van der Waals surface area contributed by atoms with Gasteiger partial charge in [0.25, 0.3) is 0 Å².